The molecular weight excluding hydrogens is 238 g/mol. The van der Waals surface area contributed by atoms with Crippen LogP contribution in [-0.2, 0) is 4.79 Å². The van der Waals surface area contributed by atoms with Crippen LogP contribution in [0.1, 0.15) is 19.4 Å². The van der Waals surface area contributed by atoms with Crippen LogP contribution >= 0.6 is 0 Å². The van der Waals surface area contributed by atoms with E-state index in [2.05, 4.69) is 10.3 Å². The van der Waals surface area contributed by atoms with E-state index in [1.54, 1.807) is 13.8 Å². The van der Waals surface area contributed by atoms with Gasteiger partial charge in [-0.05, 0) is 26.0 Å². The molecule has 0 bridgehead atoms. The molecule has 0 aliphatic carbocycles. The molecule has 0 saturated heterocycles. The number of aromatic hydroxyl groups is 1. The molecule has 0 spiro atoms. The van der Waals surface area contributed by atoms with Crippen LogP contribution in [-0.4, -0.2) is 27.3 Å². The summed E-state index contributed by atoms with van der Waals surface area (Å²) in [5, 5.41) is 22.6. The molecule has 7 heteroatoms. The summed E-state index contributed by atoms with van der Waals surface area (Å²) in [7, 11) is 0. The van der Waals surface area contributed by atoms with Gasteiger partial charge in [-0.25, -0.2) is 0 Å². The molecular formula is C11H11N3O4. The van der Waals surface area contributed by atoms with E-state index in [-0.39, 0.29) is 11.7 Å². The van der Waals surface area contributed by atoms with Crippen molar-refractivity contribution >= 4 is 17.4 Å². The van der Waals surface area contributed by atoms with E-state index >= 15 is 0 Å². The second-order valence-corrected chi connectivity index (χ2v) is 4.43. The standard InChI is InChI=1S/C11H11N3O4/c1-11(2)10(16)12-9(13-11)6-3-4-8(15)7(5-6)14(17)18/h3-5,15H,1-2H3,(H,12,13,16). The van der Waals surface area contributed by atoms with Crippen LogP contribution < -0.4 is 5.32 Å². The molecule has 18 heavy (non-hydrogen) atoms. The van der Waals surface area contributed by atoms with Crippen LogP contribution in [0.4, 0.5) is 5.69 Å². The summed E-state index contributed by atoms with van der Waals surface area (Å²) < 4.78 is 0. The third-order valence-electron chi connectivity index (χ3n) is 2.62. The van der Waals surface area contributed by atoms with Gasteiger partial charge in [0, 0.05) is 11.6 Å². The number of phenolic OH excluding ortho intramolecular Hbond substituents is 1. The Morgan fingerprint density at radius 2 is 2.11 bits per heavy atom. The number of rotatable bonds is 2. The van der Waals surface area contributed by atoms with E-state index < -0.39 is 21.9 Å². The first kappa shape index (κ1) is 12.0. The molecule has 1 amide bonds. The van der Waals surface area contributed by atoms with Crippen molar-refractivity contribution in [2.75, 3.05) is 0 Å². The largest absolute Gasteiger partial charge is 0.502 e. The smallest absolute Gasteiger partial charge is 0.311 e. The van der Waals surface area contributed by atoms with Crippen LogP contribution in [0.2, 0.25) is 0 Å². The zero-order chi connectivity index (χ0) is 13.5. The van der Waals surface area contributed by atoms with Crippen LogP contribution in [0.5, 0.6) is 5.75 Å². The lowest BCUT2D eigenvalue weighted by atomic mass is 10.1. The SMILES string of the molecule is CC1(C)N=C(c2ccc(O)c([N+](=O)[O-])c2)NC1=O. The van der Waals surface area contributed by atoms with E-state index in [1.165, 1.54) is 18.2 Å². The molecule has 1 aliphatic rings. The molecule has 0 fully saturated rings. The molecule has 94 valence electrons. The average Bonchev–Trinajstić information content (AvgIpc) is 2.53. The first-order valence-corrected chi connectivity index (χ1v) is 5.20. The molecule has 0 unspecified atom stereocenters. The number of amidine groups is 1. The minimum Gasteiger partial charge on any atom is -0.502 e. The first-order valence-electron chi connectivity index (χ1n) is 5.20. The van der Waals surface area contributed by atoms with Crippen LogP contribution in [0.3, 0.4) is 0 Å². The van der Waals surface area contributed by atoms with Gasteiger partial charge in [0.1, 0.15) is 11.4 Å². The van der Waals surface area contributed by atoms with Gasteiger partial charge in [0.15, 0.2) is 5.75 Å². The third-order valence-corrected chi connectivity index (χ3v) is 2.62. The van der Waals surface area contributed by atoms with Crippen molar-refractivity contribution in [3.63, 3.8) is 0 Å². The second-order valence-electron chi connectivity index (χ2n) is 4.43. The molecule has 1 heterocycles. The summed E-state index contributed by atoms with van der Waals surface area (Å²) in [5.41, 5.74) is -0.922. The molecule has 1 aliphatic heterocycles. The Kier molecular flexibility index (Phi) is 2.54. The molecule has 0 radical (unpaired) electrons. The van der Waals surface area contributed by atoms with Gasteiger partial charge in [0.2, 0.25) is 0 Å². The Bertz CT molecular complexity index is 578. The number of amides is 1. The Balaban J connectivity index is 2.45. The van der Waals surface area contributed by atoms with Gasteiger partial charge in [-0.1, -0.05) is 0 Å². The van der Waals surface area contributed by atoms with E-state index in [0.29, 0.717) is 5.56 Å². The minimum absolute atomic E-state index is 0.270. The van der Waals surface area contributed by atoms with Gasteiger partial charge in [0.25, 0.3) is 5.91 Å². The van der Waals surface area contributed by atoms with Gasteiger partial charge in [-0.2, -0.15) is 0 Å². The van der Waals surface area contributed by atoms with Gasteiger partial charge in [0.05, 0.1) is 4.92 Å². The topological polar surface area (TPSA) is 105 Å². The van der Waals surface area contributed by atoms with Crippen molar-refractivity contribution in [1.29, 1.82) is 0 Å². The van der Waals surface area contributed by atoms with E-state index in [9.17, 15) is 20.0 Å². The van der Waals surface area contributed by atoms with E-state index in [0.717, 1.165) is 0 Å². The van der Waals surface area contributed by atoms with Crippen molar-refractivity contribution in [1.82, 2.24) is 5.32 Å². The van der Waals surface area contributed by atoms with E-state index in [1.807, 2.05) is 0 Å². The normalized spacial score (nSPS) is 17.2. The van der Waals surface area contributed by atoms with Gasteiger partial charge in [-0.3, -0.25) is 19.9 Å². The number of hydrogen-bond acceptors (Lipinski definition) is 5. The maximum absolute atomic E-state index is 11.6. The molecule has 2 rings (SSSR count). The number of hydrogen-bond donors (Lipinski definition) is 2. The van der Waals surface area contributed by atoms with Gasteiger partial charge in [-0.15, -0.1) is 0 Å². The van der Waals surface area contributed by atoms with Gasteiger partial charge < -0.3 is 10.4 Å². The second kappa shape index (κ2) is 3.80. The molecule has 0 aromatic heterocycles. The molecule has 0 atom stereocenters. The fourth-order valence-electron chi connectivity index (χ4n) is 1.57. The predicted molar refractivity (Wildman–Crippen MR) is 63.5 cm³/mol. The number of benzene rings is 1. The molecule has 1 aromatic rings. The lowest BCUT2D eigenvalue weighted by Crippen LogP contribution is -2.34. The van der Waals surface area contributed by atoms with Crippen LogP contribution in [0, 0.1) is 10.1 Å². The fraction of sp³-hybridized carbons (Fsp3) is 0.273. The summed E-state index contributed by atoms with van der Waals surface area (Å²) in [4.78, 5) is 25.7. The highest BCUT2D eigenvalue weighted by Gasteiger charge is 2.35. The highest BCUT2D eigenvalue weighted by atomic mass is 16.6. The van der Waals surface area contributed by atoms with Crippen molar-refractivity contribution in [2.45, 2.75) is 19.4 Å². The number of nitrogens with one attached hydrogen (secondary N) is 1. The van der Waals surface area contributed by atoms with Crippen LogP contribution in [0.25, 0.3) is 0 Å². The minimum atomic E-state index is -0.887. The predicted octanol–water partition coefficient (Wildman–Crippen LogP) is 0.955. The summed E-state index contributed by atoms with van der Waals surface area (Å²) in [6.45, 7) is 3.29. The maximum atomic E-state index is 11.6. The van der Waals surface area contributed by atoms with Crippen LogP contribution in [0.15, 0.2) is 23.2 Å². The first-order chi connectivity index (χ1) is 8.31. The zero-order valence-corrected chi connectivity index (χ0v) is 9.80. The van der Waals surface area contributed by atoms with Crippen molar-refractivity contribution in [3.8, 4) is 5.75 Å². The number of phenols is 1. The Hall–Kier alpha value is -2.44. The molecule has 7 nitrogen and oxygen atoms in total. The number of carbonyl (C=O) groups is 1. The molecule has 1 aromatic carbocycles. The van der Waals surface area contributed by atoms with E-state index in [4.69, 9.17) is 0 Å². The maximum Gasteiger partial charge on any atom is 0.311 e. The number of nitrogens with zero attached hydrogens (tertiary/aromatic N) is 2. The van der Waals surface area contributed by atoms with Gasteiger partial charge >= 0.3 is 5.69 Å². The monoisotopic (exact) mass is 249 g/mol. The highest BCUT2D eigenvalue weighted by Crippen LogP contribution is 2.27. The summed E-state index contributed by atoms with van der Waals surface area (Å²) in [5.74, 6) is -0.422. The van der Waals surface area contributed by atoms with Crippen molar-refractivity contribution in [3.05, 3.63) is 33.9 Å². The Labute approximate surface area is 102 Å². The molecule has 2 N–H and O–H groups in total. The average molecular weight is 249 g/mol. The lowest BCUT2D eigenvalue weighted by Gasteiger charge is -2.07. The summed E-state index contributed by atoms with van der Waals surface area (Å²) >= 11 is 0. The number of aliphatic imine (C=N–C) groups is 1. The Morgan fingerprint density at radius 3 is 2.61 bits per heavy atom. The summed E-state index contributed by atoms with van der Waals surface area (Å²) in [6.07, 6.45) is 0. The van der Waals surface area contributed by atoms with Crippen molar-refractivity contribution in [2.24, 2.45) is 4.99 Å². The quantitative estimate of drug-likeness (QED) is 0.601. The Morgan fingerprint density at radius 1 is 1.44 bits per heavy atom. The lowest BCUT2D eigenvalue weighted by molar-refractivity contribution is -0.385. The number of nitro benzene ring substituents is 1. The summed E-state index contributed by atoms with van der Waals surface area (Å²) in [6, 6.07) is 3.84. The zero-order valence-electron chi connectivity index (χ0n) is 9.80. The van der Waals surface area contributed by atoms with Crippen molar-refractivity contribution < 1.29 is 14.8 Å². The number of nitro groups is 1. The third kappa shape index (κ3) is 1.90. The fourth-order valence-corrected chi connectivity index (χ4v) is 1.57. The highest BCUT2D eigenvalue weighted by molar-refractivity contribution is 6.15. The molecule has 0 saturated carbocycles. The number of carbonyl (C=O) groups excluding carboxylic acids is 1.